The number of carbonyl (C=O) groups is 3. The van der Waals surface area contributed by atoms with Crippen molar-refractivity contribution in [2.24, 2.45) is 0 Å². The van der Waals surface area contributed by atoms with E-state index in [0.29, 0.717) is 16.2 Å². The summed E-state index contributed by atoms with van der Waals surface area (Å²) in [5.74, 6) is -1.24. The van der Waals surface area contributed by atoms with Gasteiger partial charge in [-0.3, -0.25) is 14.4 Å². The third-order valence-electron chi connectivity index (χ3n) is 6.06. The van der Waals surface area contributed by atoms with Crippen molar-refractivity contribution in [3.05, 3.63) is 82.2 Å². The summed E-state index contributed by atoms with van der Waals surface area (Å²) in [5, 5.41) is 7.50. The quantitative estimate of drug-likeness (QED) is 0.458. The van der Waals surface area contributed by atoms with Crippen molar-refractivity contribution in [2.45, 2.75) is 50.7 Å². The van der Waals surface area contributed by atoms with Gasteiger partial charge in [-0.15, -0.1) is 11.3 Å². The second-order valence-corrected chi connectivity index (χ2v) is 9.52. The molecule has 2 N–H and O–H groups in total. The van der Waals surface area contributed by atoms with Crippen LogP contribution in [-0.4, -0.2) is 35.2 Å². The number of amides is 3. The Bertz CT molecular complexity index is 1110. The summed E-state index contributed by atoms with van der Waals surface area (Å²) in [7, 11) is 0. The molecule has 3 amide bonds. The Labute approximate surface area is 207 Å². The van der Waals surface area contributed by atoms with Crippen LogP contribution in [-0.2, 0) is 16.1 Å². The van der Waals surface area contributed by atoms with E-state index in [4.69, 9.17) is 4.42 Å². The molecule has 0 bridgehead atoms. The number of carbonyl (C=O) groups excluding carboxylic acids is 3. The number of furan rings is 1. The van der Waals surface area contributed by atoms with Crippen LogP contribution < -0.4 is 10.6 Å². The highest BCUT2D eigenvalue weighted by molar-refractivity contribution is 7.12. The summed E-state index contributed by atoms with van der Waals surface area (Å²) in [4.78, 5) is 41.2. The lowest BCUT2D eigenvalue weighted by Crippen LogP contribution is -2.49. The van der Waals surface area contributed by atoms with Gasteiger partial charge in [0.15, 0.2) is 6.04 Å². The second kappa shape index (κ2) is 11.8. The standard InChI is InChI=1S/C26H28FN3O4S/c27-19-12-10-18(11-13-19)17-30(23(31)16-28-25(32)22-9-5-15-35-22)24(21-8-4-14-34-21)26(33)29-20-6-2-1-3-7-20/h4-5,8-15,20,24H,1-3,6-7,16-17H2,(H,28,32)(H,29,33)/t24-/m1/s1. The highest BCUT2D eigenvalue weighted by Crippen LogP contribution is 2.26. The van der Waals surface area contributed by atoms with E-state index in [9.17, 15) is 18.8 Å². The van der Waals surface area contributed by atoms with E-state index < -0.39 is 17.8 Å². The van der Waals surface area contributed by atoms with Gasteiger partial charge >= 0.3 is 0 Å². The molecule has 1 aliphatic rings. The molecule has 1 aromatic carbocycles. The van der Waals surface area contributed by atoms with E-state index in [-0.39, 0.29) is 30.9 Å². The Balaban J connectivity index is 1.58. The largest absolute Gasteiger partial charge is 0.467 e. The van der Waals surface area contributed by atoms with Gasteiger partial charge in [0.25, 0.3) is 11.8 Å². The zero-order valence-corrected chi connectivity index (χ0v) is 20.1. The number of hydrogen-bond acceptors (Lipinski definition) is 5. The van der Waals surface area contributed by atoms with Gasteiger partial charge in [0.1, 0.15) is 11.6 Å². The van der Waals surface area contributed by atoms with Crippen LogP contribution in [0.3, 0.4) is 0 Å². The number of thiophene rings is 1. The number of rotatable bonds is 9. The van der Waals surface area contributed by atoms with Crippen LogP contribution >= 0.6 is 11.3 Å². The molecule has 184 valence electrons. The van der Waals surface area contributed by atoms with E-state index in [1.165, 1.54) is 34.6 Å². The summed E-state index contributed by atoms with van der Waals surface area (Å²) in [6.45, 7) is -0.261. The molecule has 4 rings (SSSR count). The van der Waals surface area contributed by atoms with Gasteiger partial charge in [-0.1, -0.05) is 37.5 Å². The van der Waals surface area contributed by atoms with E-state index in [2.05, 4.69) is 10.6 Å². The van der Waals surface area contributed by atoms with Crippen LogP contribution in [0, 0.1) is 5.82 Å². The van der Waals surface area contributed by atoms with Crippen LogP contribution in [0.2, 0.25) is 0 Å². The van der Waals surface area contributed by atoms with E-state index in [0.717, 1.165) is 32.1 Å². The average Bonchev–Trinajstić information content (AvgIpc) is 3.59. The highest BCUT2D eigenvalue weighted by Gasteiger charge is 2.35. The Morgan fingerprint density at radius 1 is 1.06 bits per heavy atom. The second-order valence-electron chi connectivity index (χ2n) is 8.57. The molecular formula is C26H28FN3O4S. The molecule has 1 fully saturated rings. The average molecular weight is 498 g/mol. The SMILES string of the molecule is O=C(NCC(=O)N(Cc1ccc(F)cc1)[C@@H](C(=O)NC1CCCCC1)c1ccco1)c1cccs1. The van der Waals surface area contributed by atoms with E-state index in [1.807, 2.05) is 0 Å². The predicted molar refractivity (Wildman–Crippen MR) is 130 cm³/mol. The fraction of sp³-hybridized carbons (Fsp3) is 0.346. The van der Waals surface area contributed by atoms with Crippen molar-refractivity contribution < 1.29 is 23.2 Å². The minimum absolute atomic E-state index is 0.0371. The highest BCUT2D eigenvalue weighted by atomic mass is 32.1. The molecule has 35 heavy (non-hydrogen) atoms. The molecule has 2 aromatic heterocycles. The fourth-order valence-electron chi connectivity index (χ4n) is 4.26. The first-order valence-corrected chi connectivity index (χ1v) is 12.6. The number of nitrogens with zero attached hydrogens (tertiary/aromatic N) is 1. The lowest BCUT2D eigenvalue weighted by atomic mass is 9.95. The summed E-state index contributed by atoms with van der Waals surface area (Å²) in [5.41, 5.74) is 0.645. The molecule has 0 unspecified atom stereocenters. The summed E-state index contributed by atoms with van der Waals surface area (Å²) < 4.78 is 19.1. The Morgan fingerprint density at radius 2 is 1.83 bits per heavy atom. The Morgan fingerprint density at radius 3 is 2.49 bits per heavy atom. The van der Waals surface area contributed by atoms with E-state index in [1.54, 1.807) is 41.8 Å². The smallest absolute Gasteiger partial charge is 0.261 e. The third-order valence-corrected chi connectivity index (χ3v) is 6.92. The fourth-order valence-corrected chi connectivity index (χ4v) is 4.90. The summed E-state index contributed by atoms with van der Waals surface area (Å²) >= 11 is 1.27. The van der Waals surface area contributed by atoms with Crippen molar-refractivity contribution in [1.82, 2.24) is 15.5 Å². The van der Waals surface area contributed by atoms with Crippen molar-refractivity contribution in [3.8, 4) is 0 Å². The normalized spacial score (nSPS) is 14.8. The van der Waals surface area contributed by atoms with Crippen LogP contribution in [0.25, 0.3) is 0 Å². The van der Waals surface area contributed by atoms with Crippen molar-refractivity contribution in [2.75, 3.05) is 6.54 Å². The molecule has 3 aromatic rings. The minimum atomic E-state index is -1.04. The maximum absolute atomic E-state index is 13.5. The molecule has 9 heteroatoms. The lowest BCUT2D eigenvalue weighted by Gasteiger charge is -2.32. The zero-order valence-electron chi connectivity index (χ0n) is 19.2. The van der Waals surface area contributed by atoms with Crippen LogP contribution in [0.5, 0.6) is 0 Å². The van der Waals surface area contributed by atoms with Crippen molar-refractivity contribution in [1.29, 1.82) is 0 Å². The summed E-state index contributed by atoms with van der Waals surface area (Å²) in [6, 6.07) is 11.5. The predicted octanol–water partition coefficient (Wildman–Crippen LogP) is 4.43. The number of halogens is 1. The van der Waals surface area contributed by atoms with Gasteiger partial charge in [0, 0.05) is 12.6 Å². The lowest BCUT2D eigenvalue weighted by molar-refractivity contribution is -0.142. The van der Waals surface area contributed by atoms with Crippen molar-refractivity contribution in [3.63, 3.8) is 0 Å². The molecule has 0 spiro atoms. The monoisotopic (exact) mass is 497 g/mol. The maximum Gasteiger partial charge on any atom is 0.261 e. The van der Waals surface area contributed by atoms with E-state index >= 15 is 0 Å². The molecule has 1 saturated carbocycles. The molecule has 0 saturated heterocycles. The van der Waals surface area contributed by atoms with Gasteiger partial charge in [-0.2, -0.15) is 0 Å². The molecule has 1 aliphatic carbocycles. The number of hydrogen-bond donors (Lipinski definition) is 2. The maximum atomic E-state index is 13.5. The van der Waals surface area contributed by atoms with Gasteiger partial charge in [-0.25, -0.2) is 4.39 Å². The first-order valence-electron chi connectivity index (χ1n) is 11.7. The number of benzene rings is 1. The van der Waals surface area contributed by atoms with Gasteiger partial charge < -0.3 is 20.0 Å². The Hall–Kier alpha value is -3.46. The van der Waals surface area contributed by atoms with Gasteiger partial charge in [0.2, 0.25) is 5.91 Å². The van der Waals surface area contributed by atoms with Crippen LogP contribution in [0.15, 0.2) is 64.6 Å². The molecule has 2 heterocycles. The molecule has 7 nitrogen and oxygen atoms in total. The molecular weight excluding hydrogens is 469 g/mol. The zero-order chi connectivity index (χ0) is 24.6. The van der Waals surface area contributed by atoms with Crippen LogP contribution in [0.4, 0.5) is 4.39 Å². The first-order chi connectivity index (χ1) is 17.0. The van der Waals surface area contributed by atoms with Crippen LogP contribution in [0.1, 0.15) is 59.1 Å². The number of nitrogens with one attached hydrogen (secondary N) is 2. The van der Waals surface area contributed by atoms with Gasteiger partial charge in [-0.05, 0) is 54.1 Å². The van der Waals surface area contributed by atoms with Gasteiger partial charge in [0.05, 0.1) is 17.7 Å². The third kappa shape index (κ3) is 6.57. The first kappa shape index (κ1) is 24.7. The van der Waals surface area contributed by atoms with Crippen molar-refractivity contribution >= 4 is 29.1 Å². The molecule has 0 radical (unpaired) electrons. The molecule has 1 atom stereocenters. The Kier molecular flexibility index (Phi) is 8.31. The minimum Gasteiger partial charge on any atom is -0.467 e. The molecule has 0 aliphatic heterocycles. The topological polar surface area (TPSA) is 91.7 Å². The summed E-state index contributed by atoms with van der Waals surface area (Å²) in [6.07, 6.45) is 6.47.